The van der Waals surface area contributed by atoms with Crippen molar-refractivity contribution in [2.45, 2.75) is 39.3 Å². The second kappa shape index (κ2) is 8.90. The fraction of sp³-hybridized carbons (Fsp3) is 0.320. The molecule has 4 rings (SSSR count). The molecule has 8 heteroatoms. The minimum absolute atomic E-state index is 0.188. The Labute approximate surface area is 198 Å². The van der Waals surface area contributed by atoms with Crippen LogP contribution in [-0.4, -0.2) is 44.6 Å². The molecule has 2 aromatic heterocycles. The van der Waals surface area contributed by atoms with Crippen LogP contribution in [0.15, 0.2) is 54.8 Å². The van der Waals surface area contributed by atoms with Gasteiger partial charge in [-0.15, -0.1) is 0 Å². The molecule has 0 spiro atoms. The van der Waals surface area contributed by atoms with Crippen LogP contribution < -0.4 is 4.74 Å². The predicted molar refractivity (Wildman–Crippen MR) is 127 cm³/mol. The van der Waals surface area contributed by atoms with Gasteiger partial charge in [-0.05, 0) is 63.6 Å². The summed E-state index contributed by atoms with van der Waals surface area (Å²) in [6, 6.07) is 9.12. The van der Waals surface area contributed by atoms with Gasteiger partial charge in [-0.1, -0.05) is 17.7 Å². The molecule has 0 radical (unpaired) electrons. The number of carbonyl (C=O) groups excluding carboxylic acids is 1. The van der Waals surface area contributed by atoms with Gasteiger partial charge in [0.15, 0.2) is 5.76 Å². The van der Waals surface area contributed by atoms with Gasteiger partial charge in [0.2, 0.25) is 0 Å². The highest BCUT2D eigenvalue weighted by Gasteiger charge is 2.39. The maximum absolute atomic E-state index is 13.4. The number of carbonyl (C=O) groups is 1. The van der Waals surface area contributed by atoms with E-state index in [0.29, 0.717) is 17.3 Å². The predicted octanol–water partition coefficient (Wildman–Crippen LogP) is 4.98. The summed E-state index contributed by atoms with van der Waals surface area (Å²) in [4.78, 5) is 23.8. The second-order valence-electron chi connectivity index (χ2n) is 8.73. The normalized spacial score (nSPS) is 17.7. The van der Waals surface area contributed by atoms with Crippen molar-refractivity contribution in [1.29, 1.82) is 0 Å². The van der Waals surface area contributed by atoms with Crippen molar-refractivity contribution in [3.63, 3.8) is 0 Å². The third kappa shape index (κ3) is 4.88. The van der Waals surface area contributed by atoms with Crippen molar-refractivity contribution in [2.75, 3.05) is 13.7 Å². The lowest BCUT2D eigenvalue weighted by Crippen LogP contribution is -2.51. The summed E-state index contributed by atoms with van der Waals surface area (Å²) in [5, 5.41) is 0.559. The number of amides is 1. The molecule has 0 saturated carbocycles. The molecule has 3 heterocycles. The average molecular weight is 467 g/mol. The number of methoxy groups -OCH3 is 1. The highest BCUT2D eigenvalue weighted by Crippen LogP contribution is 2.33. The minimum atomic E-state index is -0.557. The number of rotatable bonds is 5. The smallest absolute Gasteiger partial charge is 0.289 e. The molecule has 1 aromatic carbocycles. The molecule has 0 bridgehead atoms. The highest BCUT2D eigenvalue weighted by atomic mass is 35.5. The van der Waals surface area contributed by atoms with Gasteiger partial charge in [0.05, 0.1) is 48.1 Å². The number of hydrogen-bond acceptors (Lipinski definition) is 5. The molecule has 7 nitrogen and oxygen atoms in total. The first-order chi connectivity index (χ1) is 15.7. The number of benzene rings is 1. The molecule has 0 unspecified atom stereocenters. The van der Waals surface area contributed by atoms with E-state index in [2.05, 4.69) is 9.97 Å². The molecule has 1 saturated heterocycles. The zero-order chi connectivity index (χ0) is 23.8. The summed E-state index contributed by atoms with van der Waals surface area (Å²) >= 11 is 5.98. The van der Waals surface area contributed by atoms with Crippen LogP contribution in [0.5, 0.6) is 5.75 Å². The largest absolute Gasteiger partial charge is 0.495 e. The van der Waals surface area contributed by atoms with Gasteiger partial charge in [0.25, 0.3) is 5.91 Å². The fourth-order valence-electron chi connectivity index (χ4n) is 3.90. The number of aromatic nitrogens is 3. The van der Waals surface area contributed by atoms with E-state index >= 15 is 0 Å². The third-order valence-electron chi connectivity index (χ3n) is 5.55. The van der Waals surface area contributed by atoms with Gasteiger partial charge < -0.3 is 18.9 Å². The first kappa shape index (κ1) is 22.9. The molecular formula is C25H27ClN4O3. The van der Waals surface area contributed by atoms with Crippen molar-refractivity contribution in [1.82, 2.24) is 19.4 Å². The van der Waals surface area contributed by atoms with Crippen LogP contribution in [0.1, 0.15) is 43.8 Å². The minimum Gasteiger partial charge on any atom is -0.495 e. The Kier molecular flexibility index (Phi) is 6.17. The topological polar surface area (TPSA) is 69.5 Å². The molecule has 1 aliphatic heterocycles. The molecular weight excluding hydrogens is 440 g/mol. The molecule has 1 amide bonds. The summed E-state index contributed by atoms with van der Waals surface area (Å²) in [6.45, 7) is 8.26. The van der Waals surface area contributed by atoms with E-state index in [9.17, 15) is 4.79 Å². The number of halogens is 1. The van der Waals surface area contributed by atoms with Crippen LogP contribution in [-0.2, 0) is 9.53 Å². The molecule has 172 valence electrons. The van der Waals surface area contributed by atoms with Crippen molar-refractivity contribution in [3.05, 3.63) is 76.8 Å². The van der Waals surface area contributed by atoms with Gasteiger partial charge in [0, 0.05) is 12.4 Å². The maximum Gasteiger partial charge on any atom is 0.289 e. The van der Waals surface area contributed by atoms with Crippen LogP contribution >= 0.6 is 11.6 Å². The van der Waals surface area contributed by atoms with E-state index < -0.39 is 5.60 Å². The number of aryl methyl sites for hydroxylation is 1. The van der Waals surface area contributed by atoms with E-state index in [1.165, 1.54) is 0 Å². The van der Waals surface area contributed by atoms with Crippen LogP contribution in [0.2, 0.25) is 5.02 Å². The van der Waals surface area contributed by atoms with Crippen LogP contribution in [0.4, 0.5) is 0 Å². The molecule has 3 aromatic rings. The summed E-state index contributed by atoms with van der Waals surface area (Å²) in [5.74, 6) is 0.757. The zero-order valence-electron chi connectivity index (χ0n) is 19.4. The number of morpholine rings is 1. The number of nitrogens with zero attached hydrogens (tertiary/aromatic N) is 4. The molecule has 1 atom stereocenters. The molecule has 0 N–H and O–H groups in total. The van der Waals surface area contributed by atoms with E-state index in [1.54, 1.807) is 36.7 Å². The summed E-state index contributed by atoms with van der Waals surface area (Å²) < 4.78 is 13.6. The van der Waals surface area contributed by atoms with Crippen molar-refractivity contribution in [3.8, 4) is 11.4 Å². The lowest BCUT2D eigenvalue weighted by Gasteiger charge is -2.42. The standard InChI is InChI=1S/C25H27ClN4O3/c1-16-13-29(15-28-16)21-9-6-18(10-22(21)32-5)11-23-24(31)30(14-25(3,4)33-23)17(2)20-8-7-19(26)12-27-20/h6-13,15,17H,14H2,1-5H3/t17-/m0/s1. The zero-order valence-corrected chi connectivity index (χ0v) is 20.1. The first-order valence-corrected chi connectivity index (χ1v) is 11.1. The van der Waals surface area contributed by atoms with Gasteiger partial charge in [-0.3, -0.25) is 9.78 Å². The van der Waals surface area contributed by atoms with E-state index in [4.69, 9.17) is 21.1 Å². The quantitative estimate of drug-likeness (QED) is 0.496. The first-order valence-electron chi connectivity index (χ1n) is 10.7. The number of ether oxygens (including phenoxy) is 2. The van der Waals surface area contributed by atoms with Gasteiger partial charge in [-0.2, -0.15) is 0 Å². The van der Waals surface area contributed by atoms with Crippen LogP contribution in [0, 0.1) is 6.92 Å². The number of pyridine rings is 1. The Bertz CT molecular complexity index is 1200. The maximum atomic E-state index is 13.4. The van der Waals surface area contributed by atoms with Gasteiger partial charge >= 0.3 is 0 Å². The summed E-state index contributed by atoms with van der Waals surface area (Å²) in [6.07, 6.45) is 7.02. The van der Waals surface area contributed by atoms with Crippen molar-refractivity contribution in [2.24, 2.45) is 0 Å². The Morgan fingerprint density at radius 2 is 2.03 bits per heavy atom. The Morgan fingerprint density at radius 3 is 2.67 bits per heavy atom. The monoisotopic (exact) mass is 466 g/mol. The van der Waals surface area contributed by atoms with Gasteiger partial charge in [0.1, 0.15) is 11.4 Å². The molecule has 1 aliphatic rings. The van der Waals surface area contributed by atoms with Crippen LogP contribution in [0.3, 0.4) is 0 Å². The van der Waals surface area contributed by atoms with Crippen LogP contribution in [0.25, 0.3) is 11.8 Å². The number of imidazole rings is 1. The number of hydrogen-bond donors (Lipinski definition) is 0. The second-order valence-corrected chi connectivity index (χ2v) is 9.17. The lowest BCUT2D eigenvalue weighted by atomic mass is 10.0. The Hall–Kier alpha value is -3.32. The van der Waals surface area contributed by atoms with Gasteiger partial charge in [-0.25, -0.2) is 4.98 Å². The summed E-state index contributed by atoms with van der Waals surface area (Å²) in [7, 11) is 1.62. The lowest BCUT2D eigenvalue weighted by molar-refractivity contribution is -0.149. The third-order valence-corrected chi connectivity index (χ3v) is 5.77. The van der Waals surface area contributed by atoms with E-state index in [0.717, 1.165) is 22.6 Å². The molecule has 33 heavy (non-hydrogen) atoms. The highest BCUT2D eigenvalue weighted by molar-refractivity contribution is 6.30. The SMILES string of the molecule is COc1cc(C=C2OC(C)(C)CN([C@@H](C)c3ccc(Cl)cn3)C2=O)ccc1-n1cnc(C)c1. The van der Waals surface area contributed by atoms with Crippen molar-refractivity contribution < 1.29 is 14.3 Å². The van der Waals surface area contributed by atoms with Crippen molar-refractivity contribution >= 4 is 23.6 Å². The fourth-order valence-corrected chi connectivity index (χ4v) is 4.01. The Balaban J connectivity index is 1.66. The summed E-state index contributed by atoms with van der Waals surface area (Å²) in [5.41, 5.74) is 2.78. The molecule has 1 fully saturated rings. The Morgan fingerprint density at radius 1 is 1.24 bits per heavy atom. The average Bonchev–Trinajstić information content (AvgIpc) is 3.21. The van der Waals surface area contributed by atoms with E-state index in [1.807, 2.05) is 62.7 Å². The van der Waals surface area contributed by atoms with E-state index in [-0.39, 0.29) is 17.7 Å². The molecule has 0 aliphatic carbocycles.